The molecule has 1 aromatic rings. The van der Waals surface area contributed by atoms with Gasteiger partial charge >= 0.3 is 6.03 Å². The molecule has 2 saturated heterocycles. The lowest BCUT2D eigenvalue weighted by Gasteiger charge is -2.26. The van der Waals surface area contributed by atoms with Crippen molar-refractivity contribution in [3.05, 3.63) is 30.1 Å². The minimum atomic E-state index is -0.0753. The van der Waals surface area contributed by atoms with E-state index in [1.165, 1.54) is 25.7 Å². The van der Waals surface area contributed by atoms with Gasteiger partial charge in [0.1, 0.15) is 0 Å². The maximum absolute atomic E-state index is 12.5. The Morgan fingerprint density at radius 1 is 1.22 bits per heavy atom. The highest BCUT2D eigenvalue weighted by atomic mass is 16.5. The third-order valence-electron chi connectivity index (χ3n) is 5.59. The number of carbonyl (C=O) groups is 1. The Hall–Kier alpha value is -1.62. The largest absolute Gasteiger partial charge is 0.373 e. The predicted octanol–water partition coefficient (Wildman–Crippen LogP) is 2.93. The molecule has 2 amide bonds. The van der Waals surface area contributed by atoms with Gasteiger partial charge in [-0.2, -0.15) is 0 Å². The van der Waals surface area contributed by atoms with E-state index in [-0.39, 0.29) is 24.2 Å². The van der Waals surface area contributed by atoms with Gasteiger partial charge in [0, 0.05) is 6.20 Å². The van der Waals surface area contributed by atoms with Crippen molar-refractivity contribution in [3.8, 4) is 0 Å². The van der Waals surface area contributed by atoms with E-state index in [2.05, 4.69) is 15.6 Å². The Bertz CT molecular complexity index is 544. The molecule has 5 nitrogen and oxygen atoms in total. The molecule has 1 saturated carbocycles. The number of fused-ring (bicyclic) bond motifs is 2. The Morgan fingerprint density at radius 2 is 2.09 bits per heavy atom. The van der Waals surface area contributed by atoms with Gasteiger partial charge in [-0.15, -0.1) is 0 Å². The highest BCUT2D eigenvalue weighted by Gasteiger charge is 2.41. The van der Waals surface area contributed by atoms with Crippen LogP contribution >= 0.6 is 0 Å². The lowest BCUT2D eigenvalue weighted by molar-refractivity contribution is 0.0979. The molecule has 0 radical (unpaired) electrons. The second-order valence-electron chi connectivity index (χ2n) is 7.11. The summed E-state index contributed by atoms with van der Waals surface area (Å²) in [7, 11) is 0. The molecule has 3 fully saturated rings. The van der Waals surface area contributed by atoms with Crippen LogP contribution in [0, 0.1) is 5.92 Å². The minimum absolute atomic E-state index is 0.0122. The smallest absolute Gasteiger partial charge is 0.315 e. The van der Waals surface area contributed by atoms with Crippen molar-refractivity contribution in [1.82, 2.24) is 15.6 Å². The summed E-state index contributed by atoms with van der Waals surface area (Å²) in [5, 5.41) is 6.32. The number of urea groups is 1. The first-order valence-electron chi connectivity index (χ1n) is 8.93. The average molecular weight is 315 g/mol. The Labute approximate surface area is 137 Å². The van der Waals surface area contributed by atoms with Gasteiger partial charge in [0.05, 0.1) is 30.0 Å². The van der Waals surface area contributed by atoms with Crippen molar-refractivity contribution in [2.24, 2.45) is 5.92 Å². The van der Waals surface area contributed by atoms with Crippen LogP contribution in [0.15, 0.2) is 24.4 Å². The summed E-state index contributed by atoms with van der Waals surface area (Å²) < 4.78 is 5.82. The zero-order valence-corrected chi connectivity index (χ0v) is 13.4. The van der Waals surface area contributed by atoms with Crippen molar-refractivity contribution in [1.29, 1.82) is 0 Å². The summed E-state index contributed by atoms with van der Waals surface area (Å²) in [4.78, 5) is 17.0. The summed E-state index contributed by atoms with van der Waals surface area (Å²) >= 11 is 0. The lowest BCUT2D eigenvalue weighted by atomic mass is 9.94. The Kier molecular flexibility index (Phi) is 4.21. The number of rotatable bonds is 4. The fourth-order valence-corrected chi connectivity index (χ4v) is 4.42. The number of ether oxygens (including phenoxy) is 1. The van der Waals surface area contributed by atoms with E-state index in [1.807, 2.05) is 18.2 Å². The van der Waals surface area contributed by atoms with Crippen LogP contribution in [-0.2, 0) is 4.74 Å². The van der Waals surface area contributed by atoms with Crippen molar-refractivity contribution < 1.29 is 9.53 Å². The molecule has 0 unspecified atom stereocenters. The van der Waals surface area contributed by atoms with Crippen LogP contribution in [0.25, 0.3) is 0 Å². The third kappa shape index (κ3) is 3.20. The minimum Gasteiger partial charge on any atom is -0.373 e. The number of aromatic nitrogens is 1. The van der Waals surface area contributed by atoms with Crippen LogP contribution < -0.4 is 10.6 Å². The molecule has 0 aromatic carbocycles. The number of carbonyl (C=O) groups excluding carboxylic acids is 1. The lowest BCUT2D eigenvalue weighted by Crippen LogP contribution is -2.48. The molecular weight excluding hydrogens is 290 g/mol. The summed E-state index contributed by atoms with van der Waals surface area (Å²) in [6, 6.07) is 6.04. The molecule has 4 rings (SSSR count). The second kappa shape index (κ2) is 6.48. The number of nitrogens with zero attached hydrogens (tertiary/aromatic N) is 1. The highest BCUT2D eigenvalue weighted by molar-refractivity contribution is 5.75. The Morgan fingerprint density at radius 3 is 2.74 bits per heavy atom. The van der Waals surface area contributed by atoms with Crippen LogP contribution in [0.5, 0.6) is 0 Å². The SMILES string of the molecule is O=C(N[C@@H](c1ccccn1)C1CCCC1)N[C@@H]1C[C@H]2CC[C@H]1O2. The zero-order valence-electron chi connectivity index (χ0n) is 13.4. The van der Waals surface area contributed by atoms with Crippen molar-refractivity contribution in [3.63, 3.8) is 0 Å². The van der Waals surface area contributed by atoms with Crippen molar-refractivity contribution >= 4 is 6.03 Å². The van der Waals surface area contributed by atoms with Crippen LogP contribution in [0.2, 0.25) is 0 Å². The summed E-state index contributed by atoms with van der Waals surface area (Å²) in [5.41, 5.74) is 0.971. The number of pyridine rings is 1. The van der Waals surface area contributed by atoms with Crippen LogP contribution in [-0.4, -0.2) is 29.3 Å². The zero-order chi connectivity index (χ0) is 15.6. The molecule has 1 aromatic heterocycles. The molecular formula is C18H25N3O2. The van der Waals surface area contributed by atoms with E-state index in [9.17, 15) is 4.79 Å². The molecule has 124 valence electrons. The van der Waals surface area contributed by atoms with Crippen LogP contribution in [0.1, 0.15) is 56.7 Å². The van der Waals surface area contributed by atoms with E-state index in [0.717, 1.165) is 25.0 Å². The predicted molar refractivity (Wildman–Crippen MR) is 86.9 cm³/mol. The number of hydrogen-bond donors (Lipinski definition) is 2. The monoisotopic (exact) mass is 315 g/mol. The van der Waals surface area contributed by atoms with Gasteiger partial charge in [0.25, 0.3) is 0 Å². The van der Waals surface area contributed by atoms with Gasteiger partial charge in [-0.3, -0.25) is 4.98 Å². The first-order valence-corrected chi connectivity index (χ1v) is 8.93. The molecule has 2 aliphatic heterocycles. The number of nitrogens with one attached hydrogen (secondary N) is 2. The van der Waals surface area contributed by atoms with E-state index in [1.54, 1.807) is 6.20 Å². The molecule has 0 spiro atoms. The van der Waals surface area contributed by atoms with Gasteiger partial charge in [0.2, 0.25) is 0 Å². The molecule has 2 N–H and O–H groups in total. The van der Waals surface area contributed by atoms with E-state index >= 15 is 0 Å². The van der Waals surface area contributed by atoms with Crippen molar-refractivity contribution in [2.75, 3.05) is 0 Å². The number of hydrogen-bond acceptors (Lipinski definition) is 3. The maximum Gasteiger partial charge on any atom is 0.315 e. The first kappa shape index (κ1) is 14.9. The van der Waals surface area contributed by atoms with E-state index in [4.69, 9.17) is 4.74 Å². The fourth-order valence-electron chi connectivity index (χ4n) is 4.42. The first-order chi connectivity index (χ1) is 11.3. The van der Waals surface area contributed by atoms with Gasteiger partial charge in [-0.1, -0.05) is 18.9 Å². The molecule has 1 aliphatic carbocycles. The third-order valence-corrected chi connectivity index (χ3v) is 5.59. The van der Waals surface area contributed by atoms with Gasteiger partial charge in [0.15, 0.2) is 0 Å². The average Bonchev–Trinajstić information content (AvgIpc) is 3.31. The normalized spacial score (nSPS) is 31.2. The molecule has 3 aliphatic rings. The van der Waals surface area contributed by atoms with Gasteiger partial charge < -0.3 is 15.4 Å². The maximum atomic E-state index is 12.5. The summed E-state index contributed by atoms with van der Waals surface area (Å²) in [5.74, 6) is 0.493. The molecule has 4 atom stereocenters. The summed E-state index contributed by atoms with van der Waals surface area (Å²) in [6.07, 6.45) is 10.4. The van der Waals surface area contributed by atoms with Crippen LogP contribution in [0.3, 0.4) is 0 Å². The standard InChI is InChI=1S/C18H25N3O2/c22-18(20-15-11-13-8-9-16(15)23-13)21-17(12-5-1-2-6-12)14-7-3-4-10-19-14/h3-4,7,10,12-13,15-17H,1-2,5-6,8-9,11H2,(H2,20,21,22)/t13-,15-,16-,17-/m1/s1. The molecule has 5 heteroatoms. The Balaban J connectivity index is 1.41. The quantitative estimate of drug-likeness (QED) is 0.898. The number of amides is 2. The van der Waals surface area contributed by atoms with Crippen LogP contribution in [0.4, 0.5) is 4.79 Å². The second-order valence-corrected chi connectivity index (χ2v) is 7.11. The van der Waals surface area contributed by atoms with E-state index in [0.29, 0.717) is 12.0 Å². The van der Waals surface area contributed by atoms with Gasteiger partial charge in [-0.05, 0) is 50.2 Å². The fraction of sp³-hybridized carbons (Fsp3) is 0.667. The summed E-state index contributed by atoms with van der Waals surface area (Å²) in [6.45, 7) is 0. The highest BCUT2D eigenvalue weighted by Crippen LogP contribution is 2.36. The van der Waals surface area contributed by atoms with Gasteiger partial charge in [-0.25, -0.2) is 4.79 Å². The molecule has 3 heterocycles. The van der Waals surface area contributed by atoms with E-state index < -0.39 is 0 Å². The molecule has 2 bridgehead atoms. The van der Waals surface area contributed by atoms with Crippen molar-refractivity contribution in [2.45, 2.75) is 69.2 Å². The molecule has 23 heavy (non-hydrogen) atoms. The topological polar surface area (TPSA) is 63.2 Å².